The van der Waals surface area contributed by atoms with Gasteiger partial charge in [-0.05, 0) is 57.5 Å². The Morgan fingerprint density at radius 1 is 0.973 bits per heavy atom. The maximum absolute atomic E-state index is 12.8. The van der Waals surface area contributed by atoms with E-state index < -0.39 is 17.7 Å². The molecule has 0 radical (unpaired) electrons. The van der Waals surface area contributed by atoms with Crippen LogP contribution in [-0.4, -0.2) is 43.8 Å². The highest BCUT2D eigenvalue weighted by molar-refractivity contribution is 5.89. The van der Waals surface area contributed by atoms with Gasteiger partial charge in [-0.25, -0.2) is 19.1 Å². The molecule has 37 heavy (non-hydrogen) atoms. The van der Waals surface area contributed by atoms with Crippen molar-refractivity contribution in [1.29, 1.82) is 0 Å². The number of imidazole rings is 1. The van der Waals surface area contributed by atoms with Crippen molar-refractivity contribution in [2.75, 3.05) is 6.61 Å². The standard InChI is InChI=1S/C26H26N6O5/c1-5-35-23(33)18-11-13-19(14-12-18)30-31-24-28-21-20(27-16-32(21)25(34)37-26(2,3)4)22(29-24)36-15-17-9-7-6-8-10-17/h6-14,16H,5,15H2,1-4H3. The Bertz CT molecular complexity index is 1430. The third-order valence-electron chi connectivity index (χ3n) is 4.79. The van der Waals surface area contributed by atoms with E-state index in [1.807, 2.05) is 30.3 Å². The lowest BCUT2D eigenvalue weighted by atomic mass is 10.2. The van der Waals surface area contributed by atoms with Gasteiger partial charge in [0.2, 0.25) is 5.88 Å². The average Bonchev–Trinajstić information content (AvgIpc) is 3.30. The first-order valence-electron chi connectivity index (χ1n) is 11.6. The number of fused-ring (bicyclic) bond motifs is 1. The fourth-order valence-electron chi connectivity index (χ4n) is 3.16. The van der Waals surface area contributed by atoms with E-state index in [1.165, 1.54) is 10.9 Å². The van der Waals surface area contributed by atoms with Crippen LogP contribution in [0.25, 0.3) is 11.2 Å². The third kappa shape index (κ3) is 6.51. The first-order chi connectivity index (χ1) is 17.7. The molecule has 0 fully saturated rings. The smallest absolute Gasteiger partial charge is 0.421 e. The molecule has 0 unspecified atom stereocenters. The van der Waals surface area contributed by atoms with E-state index >= 15 is 0 Å². The highest BCUT2D eigenvalue weighted by atomic mass is 16.6. The molecule has 11 nitrogen and oxygen atoms in total. The molecule has 0 saturated carbocycles. The fourth-order valence-corrected chi connectivity index (χ4v) is 3.16. The van der Waals surface area contributed by atoms with E-state index in [0.29, 0.717) is 11.3 Å². The van der Waals surface area contributed by atoms with E-state index in [0.717, 1.165) is 5.56 Å². The highest BCUT2D eigenvalue weighted by Crippen LogP contribution is 2.27. The van der Waals surface area contributed by atoms with Crippen LogP contribution < -0.4 is 4.74 Å². The number of rotatable bonds is 7. The summed E-state index contributed by atoms with van der Waals surface area (Å²) in [4.78, 5) is 37.6. The summed E-state index contributed by atoms with van der Waals surface area (Å²) in [6.07, 6.45) is 0.651. The van der Waals surface area contributed by atoms with Gasteiger partial charge in [0.15, 0.2) is 11.2 Å². The quantitative estimate of drug-likeness (QED) is 0.230. The van der Waals surface area contributed by atoms with Gasteiger partial charge in [0.25, 0.3) is 5.95 Å². The molecule has 0 atom stereocenters. The van der Waals surface area contributed by atoms with Crippen molar-refractivity contribution in [3.8, 4) is 5.88 Å². The zero-order chi connectivity index (χ0) is 26.4. The summed E-state index contributed by atoms with van der Waals surface area (Å²) in [5, 5.41) is 8.28. The minimum Gasteiger partial charge on any atom is -0.471 e. The maximum Gasteiger partial charge on any atom is 0.421 e. The summed E-state index contributed by atoms with van der Waals surface area (Å²) in [5.41, 5.74) is 1.51. The monoisotopic (exact) mass is 502 g/mol. The summed E-state index contributed by atoms with van der Waals surface area (Å²) in [5.74, 6) is -0.325. The molecular formula is C26H26N6O5. The van der Waals surface area contributed by atoms with Crippen LogP contribution >= 0.6 is 0 Å². The van der Waals surface area contributed by atoms with Crippen molar-refractivity contribution in [2.24, 2.45) is 10.2 Å². The number of nitrogens with zero attached hydrogens (tertiary/aromatic N) is 6. The van der Waals surface area contributed by atoms with Gasteiger partial charge < -0.3 is 14.2 Å². The van der Waals surface area contributed by atoms with Gasteiger partial charge >= 0.3 is 12.1 Å². The Morgan fingerprint density at radius 2 is 1.70 bits per heavy atom. The van der Waals surface area contributed by atoms with E-state index in [2.05, 4.69) is 25.2 Å². The molecule has 0 spiro atoms. The largest absolute Gasteiger partial charge is 0.471 e. The van der Waals surface area contributed by atoms with Crippen molar-refractivity contribution in [2.45, 2.75) is 39.9 Å². The zero-order valence-electron chi connectivity index (χ0n) is 20.9. The Labute approximate surface area is 213 Å². The molecule has 0 aliphatic rings. The lowest BCUT2D eigenvalue weighted by Gasteiger charge is -2.19. The van der Waals surface area contributed by atoms with Gasteiger partial charge in [0.05, 0.1) is 17.9 Å². The van der Waals surface area contributed by atoms with Gasteiger partial charge in [-0.3, -0.25) is 0 Å². The van der Waals surface area contributed by atoms with Crippen molar-refractivity contribution < 1.29 is 23.8 Å². The van der Waals surface area contributed by atoms with Crippen molar-refractivity contribution in [3.63, 3.8) is 0 Å². The average molecular weight is 503 g/mol. The molecule has 4 aromatic rings. The van der Waals surface area contributed by atoms with Gasteiger partial charge in [0, 0.05) is 0 Å². The van der Waals surface area contributed by atoms with Crippen LogP contribution in [0.2, 0.25) is 0 Å². The van der Waals surface area contributed by atoms with Gasteiger partial charge in [-0.1, -0.05) is 30.3 Å². The molecule has 2 aromatic carbocycles. The topological polar surface area (TPSA) is 130 Å². The van der Waals surface area contributed by atoms with Gasteiger partial charge in [-0.2, -0.15) is 9.97 Å². The number of ether oxygens (including phenoxy) is 3. The third-order valence-corrected chi connectivity index (χ3v) is 4.79. The summed E-state index contributed by atoms with van der Waals surface area (Å²) in [7, 11) is 0. The number of benzene rings is 2. The van der Waals surface area contributed by atoms with Crippen LogP contribution in [0.5, 0.6) is 5.88 Å². The number of azo groups is 1. The second kappa shape index (κ2) is 10.9. The number of aromatic nitrogens is 4. The summed E-state index contributed by atoms with van der Waals surface area (Å²) in [6.45, 7) is 7.54. The van der Waals surface area contributed by atoms with E-state index in [1.54, 1.807) is 52.0 Å². The Morgan fingerprint density at radius 3 is 2.38 bits per heavy atom. The van der Waals surface area contributed by atoms with Crippen LogP contribution in [0.15, 0.2) is 71.2 Å². The minimum absolute atomic E-state index is 0.0460. The summed E-state index contributed by atoms with van der Waals surface area (Å²) in [6, 6.07) is 15.9. The second-order valence-corrected chi connectivity index (χ2v) is 8.84. The van der Waals surface area contributed by atoms with E-state index in [9.17, 15) is 9.59 Å². The SMILES string of the molecule is CCOC(=O)c1ccc(N=Nc2nc(OCc3ccccc3)c3ncn(C(=O)OC(C)(C)C)c3n2)cc1. The lowest BCUT2D eigenvalue weighted by molar-refractivity contribution is 0.0521. The highest BCUT2D eigenvalue weighted by Gasteiger charge is 2.23. The first kappa shape index (κ1) is 25.4. The van der Waals surface area contributed by atoms with Gasteiger partial charge in [-0.15, -0.1) is 10.2 Å². The van der Waals surface area contributed by atoms with Crippen molar-refractivity contribution >= 4 is 34.9 Å². The van der Waals surface area contributed by atoms with Gasteiger partial charge in [0.1, 0.15) is 18.5 Å². The predicted octanol–water partition coefficient (Wildman–Crippen LogP) is 5.78. The molecular weight excluding hydrogens is 476 g/mol. The molecule has 2 aromatic heterocycles. The molecule has 2 heterocycles. The van der Waals surface area contributed by atoms with Crippen LogP contribution in [0.4, 0.5) is 16.4 Å². The van der Waals surface area contributed by atoms with E-state index in [-0.39, 0.29) is 36.2 Å². The summed E-state index contributed by atoms with van der Waals surface area (Å²) >= 11 is 0. The number of hydrogen-bond donors (Lipinski definition) is 0. The molecule has 0 N–H and O–H groups in total. The maximum atomic E-state index is 12.8. The number of carbonyl (C=O) groups excluding carboxylic acids is 2. The second-order valence-electron chi connectivity index (χ2n) is 8.84. The summed E-state index contributed by atoms with van der Waals surface area (Å²) < 4.78 is 17.5. The molecule has 0 bridgehead atoms. The molecule has 0 aliphatic carbocycles. The number of esters is 1. The molecule has 0 amide bonds. The normalized spacial score (nSPS) is 11.6. The predicted molar refractivity (Wildman–Crippen MR) is 134 cm³/mol. The van der Waals surface area contributed by atoms with Crippen LogP contribution in [-0.2, 0) is 16.1 Å². The van der Waals surface area contributed by atoms with Crippen LogP contribution in [0.1, 0.15) is 43.6 Å². The Kier molecular flexibility index (Phi) is 7.52. The molecule has 4 rings (SSSR count). The number of carbonyl (C=O) groups is 2. The van der Waals surface area contributed by atoms with Crippen LogP contribution in [0.3, 0.4) is 0 Å². The first-order valence-corrected chi connectivity index (χ1v) is 11.6. The minimum atomic E-state index is -0.717. The lowest BCUT2D eigenvalue weighted by Crippen LogP contribution is -2.26. The van der Waals surface area contributed by atoms with Crippen molar-refractivity contribution in [3.05, 3.63) is 72.1 Å². The zero-order valence-corrected chi connectivity index (χ0v) is 20.9. The molecule has 11 heteroatoms. The van der Waals surface area contributed by atoms with E-state index in [4.69, 9.17) is 14.2 Å². The van der Waals surface area contributed by atoms with Crippen LogP contribution in [0, 0.1) is 0 Å². The molecule has 0 saturated heterocycles. The fraction of sp³-hybridized carbons (Fsp3) is 0.269. The molecule has 0 aliphatic heterocycles. The Hall–Kier alpha value is -4.67. The van der Waals surface area contributed by atoms with Crippen molar-refractivity contribution in [1.82, 2.24) is 19.5 Å². The number of hydrogen-bond acceptors (Lipinski definition) is 10. The Balaban J connectivity index is 1.66. The molecule has 190 valence electrons.